The first-order valence-corrected chi connectivity index (χ1v) is 10.3. The van der Waals surface area contributed by atoms with Gasteiger partial charge in [0.2, 0.25) is 0 Å². The number of hydrogen-bond acceptors (Lipinski definition) is 3. The minimum Gasteiger partial charge on any atom is -0.255 e. The molecule has 3 nitrogen and oxygen atoms in total. The zero-order valence-corrected chi connectivity index (χ0v) is 15.0. The van der Waals surface area contributed by atoms with Crippen molar-refractivity contribution in [3.8, 4) is 0 Å². The van der Waals surface area contributed by atoms with Crippen molar-refractivity contribution in [3.05, 3.63) is 58.9 Å². The Morgan fingerprint density at radius 3 is 2.21 bits per heavy atom. The van der Waals surface area contributed by atoms with Gasteiger partial charge in [0.1, 0.15) is 0 Å². The molecule has 4 rings (SSSR count). The predicted molar refractivity (Wildman–Crippen MR) is 96.5 cm³/mol. The van der Waals surface area contributed by atoms with Gasteiger partial charge in [0, 0.05) is 17.5 Å². The normalized spacial score (nSPS) is 19.1. The maximum Gasteiger partial charge on any atom is 0.177 e. The van der Waals surface area contributed by atoms with Gasteiger partial charge in [-0.25, -0.2) is 8.42 Å². The van der Waals surface area contributed by atoms with Crippen LogP contribution < -0.4 is 0 Å². The monoisotopic (exact) mass is 359 g/mol. The van der Waals surface area contributed by atoms with E-state index >= 15 is 0 Å². The van der Waals surface area contributed by atoms with Gasteiger partial charge < -0.3 is 0 Å². The van der Waals surface area contributed by atoms with Crippen LogP contribution in [0.25, 0.3) is 11.1 Å². The molecule has 0 N–H and O–H groups in total. The van der Waals surface area contributed by atoms with Crippen molar-refractivity contribution in [2.24, 2.45) is 5.41 Å². The van der Waals surface area contributed by atoms with Crippen molar-refractivity contribution in [2.75, 3.05) is 6.26 Å². The smallest absolute Gasteiger partial charge is 0.177 e. The third-order valence-electron chi connectivity index (χ3n) is 5.09. The van der Waals surface area contributed by atoms with Crippen molar-refractivity contribution in [1.29, 1.82) is 0 Å². The van der Waals surface area contributed by atoms with Crippen LogP contribution in [0.2, 0.25) is 5.02 Å². The molecule has 1 aromatic carbocycles. The molecule has 0 radical (unpaired) electrons. The zero-order valence-electron chi connectivity index (χ0n) is 13.4. The lowest BCUT2D eigenvalue weighted by Gasteiger charge is -2.08. The van der Waals surface area contributed by atoms with Crippen LogP contribution in [0.5, 0.6) is 0 Å². The molecule has 1 saturated carbocycles. The average Bonchev–Trinajstić information content (AvgIpc) is 3.19. The second kappa shape index (κ2) is 5.43. The van der Waals surface area contributed by atoms with E-state index in [-0.39, 0.29) is 4.90 Å². The number of hydrogen-bond donors (Lipinski definition) is 0. The lowest BCUT2D eigenvalue weighted by molar-refractivity contribution is 0.567. The van der Waals surface area contributed by atoms with E-state index in [1.807, 2.05) is 18.2 Å². The number of rotatable bonds is 3. The summed E-state index contributed by atoms with van der Waals surface area (Å²) in [6, 6.07) is 11.4. The summed E-state index contributed by atoms with van der Waals surface area (Å²) in [5, 5.41) is 0.732. The van der Waals surface area contributed by atoms with Crippen LogP contribution >= 0.6 is 11.6 Å². The molecule has 0 aliphatic heterocycles. The van der Waals surface area contributed by atoms with Gasteiger partial charge >= 0.3 is 0 Å². The molecule has 0 amide bonds. The lowest BCUT2D eigenvalue weighted by atomic mass is 9.99. The van der Waals surface area contributed by atoms with Gasteiger partial charge in [-0.1, -0.05) is 23.7 Å². The average molecular weight is 360 g/mol. The Labute approximate surface area is 147 Å². The Bertz CT molecular complexity index is 924. The number of pyridine rings is 1. The van der Waals surface area contributed by atoms with E-state index in [1.54, 1.807) is 6.07 Å². The SMILES string of the molecule is CS(=O)(=O)c1ccc(C2=C(c3ccc(Cl)cc3)CC3(CC3)C2)nc1. The molecule has 5 heteroatoms. The molecule has 0 bridgehead atoms. The van der Waals surface area contributed by atoms with E-state index in [2.05, 4.69) is 17.1 Å². The highest BCUT2D eigenvalue weighted by Gasteiger charge is 2.48. The second-order valence-electron chi connectivity index (χ2n) is 6.97. The Hall–Kier alpha value is -1.65. The lowest BCUT2D eigenvalue weighted by Crippen LogP contribution is -1.99. The number of halogens is 1. The Morgan fingerprint density at radius 2 is 1.67 bits per heavy atom. The van der Waals surface area contributed by atoms with Crippen LogP contribution in [-0.4, -0.2) is 19.7 Å². The number of allylic oxidation sites excluding steroid dienone is 2. The molecule has 2 aliphatic carbocycles. The molecule has 1 aromatic heterocycles. The molecule has 2 aliphatic rings. The fourth-order valence-corrected chi connectivity index (χ4v) is 4.19. The zero-order chi connectivity index (χ0) is 16.9. The highest BCUT2D eigenvalue weighted by molar-refractivity contribution is 7.90. The van der Waals surface area contributed by atoms with Crippen molar-refractivity contribution >= 4 is 32.6 Å². The summed E-state index contributed by atoms with van der Waals surface area (Å²) in [5.41, 5.74) is 5.04. The van der Waals surface area contributed by atoms with Gasteiger partial charge in [-0.05, 0) is 72.1 Å². The molecule has 0 atom stereocenters. The van der Waals surface area contributed by atoms with Crippen LogP contribution in [0.3, 0.4) is 0 Å². The number of nitrogens with zero attached hydrogens (tertiary/aromatic N) is 1. The second-order valence-corrected chi connectivity index (χ2v) is 9.42. The van der Waals surface area contributed by atoms with Crippen LogP contribution in [0, 0.1) is 5.41 Å². The highest BCUT2D eigenvalue weighted by atomic mass is 35.5. The quantitative estimate of drug-likeness (QED) is 0.803. The number of aromatic nitrogens is 1. The standard InChI is InChI=1S/C19H18ClNO2S/c1-24(22,23)15-6-7-18(21-12-15)17-11-19(8-9-19)10-16(17)13-2-4-14(20)5-3-13/h2-7,12H,8-11H2,1H3. The van der Waals surface area contributed by atoms with Gasteiger partial charge in [0.25, 0.3) is 0 Å². The first kappa shape index (κ1) is 15.9. The van der Waals surface area contributed by atoms with E-state index in [0.29, 0.717) is 5.41 Å². The molecular weight excluding hydrogens is 342 g/mol. The maximum absolute atomic E-state index is 11.6. The third kappa shape index (κ3) is 2.89. The van der Waals surface area contributed by atoms with Gasteiger partial charge in [-0.3, -0.25) is 4.98 Å². The van der Waals surface area contributed by atoms with Crippen molar-refractivity contribution in [2.45, 2.75) is 30.6 Å². The summed E-state index contributed by atoms with van der Waals surface area (Å²) in [6.07, 6.45) is 7.28. The van der Waals surface area contributed by atoms with Crippen LogP contribution in [-0.2, 0) is 9.84 Å². The van der Waals surface area contributed by atoms with Crippen LogP contribution in [0.1, 0.15) is 36.9 Å². The van der Waals surface area contributed by atoms with Gasteiger partial charge in [0.05, 0.1) is 10.6 Å². The minimum atomic E-state index is -3.22. The molecular formula is C19H18ClNO2S. The molecule has 1 heterocycles. The Morgan fingerprint density at radius 1 is 1.00 bits per heavy atom. The predicted octanol–water partition coefficient (Wildman–Crippen LogP) is 4.62. The van der Waals surface area contributed by atoms with Crippen LogP contribution in [0.15, 0.2) is 47.5 Å². The van der Waals surface area contributed by atoms with E-state index in [0.717, 1.165) is 23.6 Å². The van der Waals surface area contributed by atoms with E-state index in [1.165, 1.54) is 42.0 Å². The Balaban J connectivity index is 1.77. The first-order valence-electron chi connectivity index (χ1n) is 8.01. The summed E-state index contributed by atoms with van der Waals surface area (Å²) in [7, 11) is -3.22. The number of benzene rings is 1. The third-order valence-corrected chi connectivity index (χ3v) is 6.44. The highest BCUT2D eigenvalue weighted by Crippen LogP contribution is 2.63. The molecule has 2 aromatic rings. The molecule has 0 unspecified atom stereocenters. The van der Waals surface area contributed by atoms with Gasteiger partial charge in [-0.2, -0.15) is 0 Å². The van der Waals surface area contributed by atoms with Gasteiger partial charge in [-0.15, -0.1) is 0 Å². The summed E-state index contributed by atoms with van der Waals surface area (Å²) in [6.45, 7) is 0. The molecule has 124 valence electrons. The van der Waals surface area contributed by atoms with E-state index in [9.17, 15) is 8.42 Å². The fraction of sp³-hybridized carbons (Fsp3) is 0.316. The minimum absolute atomic E-state index is 0.263. The Kier molecular flexibility index (Phi) is 3.59. The summed E-state index contributed by atoms with van der Waals surface area (Å²) in [4.78, 5) is 4.71. The molecule has 1 fully saturated rings. The van der Waals surface area contributed by atoms with E-state index in [4.69, 9.17) is 11.6 Å². The fourth-order valence-electron chi connectivity index (χ4n) is 3.51. The van der Waals surface area contributed by atoms with Gasteiger partial charge in [0.15, 0.2) is 9.84 Å². The summed E-state index contributed by atoms with van der Waals surface area (Å²) in [5.74, 6) is 0. The molecule has 1 spiro atoms. The largest absolute Gasteiger partial charge is 0.255 e. The van der Waals surface area contributed by atoms with Crippen LogP contribution in [0.4, 0.5) is 0 Å². The summed E-state index contributed by atoms with van der Waals surface area (Å²) >= 11 is 6.01. The topological polar surface area (TPSA) is 47.0 Å². The van der Waals surface area contributed by atoms with Crippen molar-refractivity contribution in [3.63, 3.8) is 0 Å². The summed E-state index contributed by atoms with van der Waals surface area (Å²) < 4.78 is 23.3. The van der Waals surface area contributed by atoms with E-state index < -0.39 is 9.84 Å². The molecule has 24 heavy (non-hydrogen) atoms. The maximum atomic E-state index is 11.6. The molecule has 0 saturated heterocycles. The van der Waals surface area contributed by atoms with Crippen molar-refractivity contribution in [1.82, 2.24) is 4.98 Å². The first-order chi connectivity index (χ1) is 11.4. The van der Waals surface area contributed by atoms with Crippen molar-refractivity contribution < 1.29 is 8.42 Å². The number of sulfone groups is 1.